The predicted octanol–water partition coefficient (Wildman–Crippen LogP) is 2.03. The zero-order valence-corrected chi connectivity index (χ0v) is 15.1. The van der Waals surface area contributed by atoms with Crippen molar-refractivity contribution < 1.29 is 38.9 Å². The highest BCUT2D eigenvalue weighted by Gasteiger charge is 2.13. The van der Waals surface area contributed by atoms with E-state index in [0.717, 1.165) is 0 Å². The molecule has 8 nitrogen and oxygen atoms in total. The largest absolute Gasteiger partial charge is 0.478 e. The van der Waals surface area contributed by atoms with E-state index in [0.29, 0.717) is 0 Å². The Morgan fingerprint density at radius 3 is 1.27 bits per heavy atom. The molecule has 0 radical (unpaired) electrons. The van der Waals surface area contributed by atoms with Crippen molar-refractivity contribution in [2.24, 2.45) is 0 Å². The van der Waals surface area contributed by atoms with Crippen LogP contribution in [0.4, 0.5) is 0 Å². The number of carbonyl (C=O) groups excluding carboxylic acids is 2. The van der Waals surface area contributed by atoms with Gasteiger partial charge in [0.15, 0.2) is 0 Å². The number of esters is 2. The van der Waals surface area contributed by atoms with Crippen LogP contribution in [0.5, 0.6) is 0 Å². The highest BCUT2D eigenvalue weighted by molar-refractivity contribution is 5.96. The standard InChI is InChI=1S/C18H22O8/c1-5-13(9-11(3)15(19)20)17(23)25-7-8-26-18(24)14(6-2)10-12(4)16(21)22/h5-6,9-10H,7-8H2,1-4H3,(H,19,20)(H,21,22). The van der Waals surface area contributed by atoms with Gasteiger partial charge in [-0.05, 0) is 39.8 Å². The number of aliphatic carboxylic acids is 2. The maximum absolute atomic E-state index is 11.8. The number of carboxylic acid groups (broad SMARTS) is 2. The molecule has 0 aromatic rings. The Morgan fingerprint density at radius 2 is 1.04 bits per heavy atom. The lowest BCUT2D eigenvalue weighted by Gasteiger charge is -2.08. The molecule has 0 bridgehead atoms. The zero-order chi connectivity index (χ0) is 20.3. The molecule has 0 aromatic carbocycles. The minimum absolute atomic E-state index is 0.0280. The molecule has 142 valence electrons. The van der Waals surface area contributed by atoms with Crippen LogP contribution in [0.2, 0.25) is 0 Å². The number of ether oxygens (including phenoxy) is 2. The first-order valence-electron chi connectivity index (χ1n) is 7.64. The first-order valence-corrected chi connectivity index (χ1v) is 7.64. The van der Waals surface area contributed by atoms with Crippen LogP contribution < -0.4 is 0 Å². The van der Waals surface area contributed by atoms with Crippen molar-refractivity contribution in [2.75, 3.05) is 13.2 Å². The normalized spacial score (nSPS) is 13.2. The Balaban J connectivity index is 4.62. The molecule has 0 rings (SSSR count). The fourth-order valence-electron chi connectivity index (χ4n) is 1.55. The highest BCUT2D eigenvalue weighted by atomic mass is 16.6. The fraction of sp³-hybridized carbons (Fsp3) is 0.333. The zero-order valence-electron chi connectivity index (χ0n) is 15.1. The molecule has 0 aliphatic rings. The van der Waals surface area contributed by atoms with Crippen molar-refractivity contribution in [3.63, 3.8) is 0 Å². The van der Waals surface area contributed by atoms with Crippen LogP contribution in [0.15, 0.2) is 46.6 Å². The maximum Gasteiger partial charge on any atom is 0.337 e. The summed E-state index contributed by atoms with van der Waals surface area (Å²) in [5.74, 6) is -3.82. The molecule has 0 amide bonds. The minimum Gasteiger partial charge on any atom is -0.478 e. The van der Waals surface area contributed by atoms with E-state index in [1.54, 1.807) is 13.8 Å². The van der Waals surface area contributed by atoms with Gasteiger partial charge < -0.3 is 19.7 Å². The monoisotopic (exact) mass is 366 g/mol. The Morgan fingerprint density at radius 1 is 0.731 bits per heavy atom. The van der Waals surface area contributed by atoms with E-state index < -0.39 is 23.9 Å². The van der Waals surface area contributed by atoms with Crippen LogP contribution in [0.3, 0.4) is 0 Å². The first-order chi connectivity index (χ1) is 12.1. The van der Waals surface area contributed by atoms with Crippen molar-refractivity contribution >= 4 is 23.9 Å². The SMILES string of the molecule is CC=C(C=C(C)C(=O)O)C(=O)OCCOC(=O)C(C=C(C)C(=O)O)=CC. The number of carboxylic acids is 2. The van der Waals surface area contributed by atoms with E-state index in [1.807, 2.05) is 0 Å². The predicted molar refractivity (Wildman–Crippen MR) is 92.2 cm³/mol. The number of allylic oxidation sites excluding steroid dienone is 2. The topological polar surface area (TPSA) is 127 Å². The summed E-state index contributed by atoms with van der Waals surface area (Å²) < 4.78 is 9.82. The number of hydrogen-bond acceptors (Lipinski definition) is 6. The molecule has 0 aromatic heterocycles. The molecule has 0 aliphatic heterocycles. The first kappa shape index (κ1) is 22.8. The average Bonchev–Trinajstić information content (AvgIpc) is 2.59. The van der Waals surface area contributed by atoms with Gasteiger partial charge in [0.05, 0.1) is 11.1 Å². The third kappa shape index (κ3) is 8.09. The summed E-state index contributed by atoms with van der Waals surface area (Å²) in [6.07, 6.45) is 5.15. The molecular formula is C18H22O8. The molecule has 8 heteroatoms. The molecule has 0 aliphatic carbocycles. The van der Waals surface area contributed by atoms with Crippen molar-refractivity contribution in [1.29, 1.82) is 0 Å². The van der Waals surface area contributed by atoms with E-state index in [1.165, 1.54) is 38.2 Å². The van der Waals surface area contributed by atoms with Crippen LogP contribution in [0, 0.1) is 0 Å². The number of rotatable bonds is 9. The van der Waals surface area contributed by atoms with Crippen LogP contribution in [0.1, 0.15) is 27.7 Å². The highest BCUT2D eigenvalue weighted by Crippen LogP contribution is 2.07. The summed E-state index contributed by atoms with van der Waals surface area (Å²) in [4.78, 5) is 45.2. The van der Waals surface area contributed by atoms with E-state index >= 15 is 0 Å². The van der Waals surface area contributed by atoms with Gasteiger partial charge in [-0.2, -0.15) is 0 Å². The Labute approximate surface area is 151 Å². The summed E-state index contributed by atoms with van der Waals surface area (Å²) in [6, 6.07) is 0. The molecule has 0 heterocycles. The summed E-state index contributed by atoms with van der Waals surface area (Å²) in [5, 5.41) is 17.6. The summed E-state index contributed by atoms with van der Waals surface area (Å²) in [6.45, 7) is 5.31. The van der Waals surface area contributed by atoms with E-state index in [4.69, 9.17) is 19.7 Å². The second-order valence-corrected chi connectivity index (χ2v) is 5.02. The lowest BCUT2D eigenvalue weighted by Crippen LogP contribution is -2.16. The molecule has 26 heavy (non-hydrogen) atoms. The molecule has 0 saturated heterocycles. The number of carbonyl (C=O) groups is 4. The Hall–Kier alpha value is -3.16. The molecule has 0 atom stereocenters. The van der Waals surface area contributed by atoms with Gasteiger partial charge in [0.25, 0.3) is 0 Å². The molecule has 0 saturated carbocycles. The van der Waals surface area contributed by atoms with Gasteiger partial charge in [0.2, 0.25) is 0 Å². The summed E-state index contributed by atoms with van der Waals surface area (Å²) >= 11 is 0. The van der Waals surface area contributed by atoms with E-state index in [9.17, 15) is 19.2 Å². The van der Waals surface area contributed by atoms with E-state index in [-0.39, 0.29) is 35.5 Å². The van der Waals surface area contributed by atoms with Gasteiger partial charge in [-0.3, -0.25) is 0 Å². The average molecular weight is 366 g/mol. The Kier molecular flexibility index (Phi) is 10.0. The molecule has 2 N–H and O–H groups in total. The van der Waals surface area contributed by atoms with Gasteiger partial charge in [0.1, 0.15) is 13.2 Å². The van der Waals surface area contributed by atoms with Crippen molar-refractivity contribution in [2.45, 2.75) is 27.7 Å². The molecular weight excluding hydrogens is 344 g/mol. The van der Waals surface area contributed by atoms with Crippen LogP contribution in [-0.2, 0) is 28.7 Å². The van der Waals surface area contributed by atoms with Gasteiger partial charge >= 0.3 is 23.9 Å². The van der Waals surface area contributed by atoms with E-state index in [2.05, 4.69) is 0 Å². The summed E-state index contributed by atoms with van der Waals surface area (Å²) in [5.41, 5.74) is 0.0651. The van der Waals surface area contributed by atoms with Gasteiger partial charge in [-0.15, -0.1) is 0 Å². The number of hydrogen-bond donors (Lipinski definition) is 2. The van der Waals surface area contributed by atoms with Crippen molar-refractivity contribution in [1.82, 2.24) is 0 Å². The maximum atomic E-state index is 11.8. The van der Waals surface area contributed by atoms with Gasteiger partial charge in [-0.1, -0.05) is 12.2 Å². The lowest BCUT2D eigenvalue weighted by molar-refractivity contribution is -0.147. The lowest BCUT2D eigenvalue weighted by atomic mass is 10.1. The second kappa shape index (κ2) is 11.4. The molecule has 0 spiro atoms. The quantitative estimate of drug-likeness (QED) is 0.275. The Bertz CT molecular complexity index is 632. The fourth-order valence-corrected chi connectivity index (χ4v) is 1.55. The minimum atomic E-state index is -1.16. The molecule has 0 unspecified atom stereocenters. The molecule has 0 fully saturated rings. The van der Waals surface area contributed by atoms with Crippen molar-refractivity contribution in [3.8, 4) is 0 Å². The van der Waals surface area contributed by atoms with Crippen LogP contribution in [0.25, 0.3) is 0 Å². The third-order valence-electron chi connectivity index (χ3n) is 3.06. The van der Waals surface area contributed by atoms with Crippen LogP contribution in [-0.4, -0.2) is 47.3 Å². The smallest absolute Gasteiger partial charge is 0.337 e. The second-order valence-electron chi connectivity index (χ2n) is 5.02. The van der Waals surface area contributed by atoms with Gasteiger partial charge in [0, 0.05) is 11.1 Å². The van der Waals surface area contributed by atoms with Crippen LogP contribution >= 0.6 is 0 Å². The third-order valence-corrected chi connectivity index (χ3v) is 3.06. The van der Waals surface area contributed by atoms with Crippen molar-refractivity contribution in [3.05, 3.63) is 46.6 Å². The van der Waals surface area contributed by atoms with Gasteiger partial charge in [-0.25, -0.2) is 19.2 Å². The summed E-state index contributed by atoms with van der Waals surface area (Å²) in [7, 11) is 0.